The lowest BCUT2D eigenvalue weighted by atomic mass is 10.0. The van der Waals surface area contributed by atoms with E-state index < -0.39 is 26.8 Å². The van der Waals surface area contributed by atoms with Crippen LogP contribution in [0.4, 0.5) is 10.1 Å². The molecule has 1 saturated carbocycles. The highest BCUT2D eigenvalue weighted by Crippen LogP contribution is 2.26. The zero-order valence-electron chi connectivity index (χ0n) is 12.7. The molecule has 1 amide bonds. The Kier molecular flexibility index (Phi) is 4.39. The Morgan fingerprint density at radius 3 is 2.65 bits per heavy atom. The molecule has 0 unspecified atom stereocenters. The average Bonchev–Trinajstić information content (AvgIpc) is 3.17. The van der Waals surface area contributed by atoms with E-state index in [1.54, 1.807) is 0 Å². The predicted molar refractivity (Wildman–Crippen MR) is 81.9 cm³/mol. The van der Waals surface area contributed by atoms with E-state index in [-0.39, 0.29) is 23.6 Å². The number of amides is 1. The van der Waals surface area contributed by atoms with E-state index in [0.717, 1.165) is 31.4 Å². The number of carbonyl (C=O) groups excluding carboxylic acids is 1. The molecule has 1 saturated heterocycles. The van der Waals surface area contributed by atoms with Crippen LogP contribution >= 0.6 is 0 Å². The maximum Gasteiger partial charge on any atom is 0.253 e. The molecule has 1 aliphatic heterocycles. The van der Waals surface area contributed by atoms with Crippen molar-refractivity contribution in [1.82, 2.24) is 4.72 Å². The molecular weight excluding hydrogens is 323 g/mol. The van der Waals surface area contributed by atoms with Gasteiger partial charge in [-0.2, -0.15) is 0 Å². The summed E-state index contributed by atoms with van der Waals surface area (Å²) in [6.07, 6.45) is 1.75. The first-order valence-electron chi connectivity index (χ1n) is 7.61. The third-order valence-corrected chi connectivity index (χ3v) is 5.57. The van der Waals surface area contributed by atoms with Gasteiger partial charge in [0.05, 0.1) is 0 Å². The Morgan fingerprint density at radius 1 is 1.30 bits per heavy atom. The molecule has 1 aromatic carbocycles. The highest BCUT2D eigenvalue weighted by atomic mass is 32.2. The summed E-state index contributed by atoms with van der Waals surface area (Å²) < 4.78 is 46.0. The molecule has 23 heavy (non-hydrogen) atoms. The van der Waals surface area contributed by atoms with Crippen LogP contribution in [-0.4, -0.2) is 33.1 Å². The second-order valence-electron chi connectivity index (χ2n) is 6.09. The van der Waals surface area contributed by atoms with Gasteiger partial charge >= 0.3 is 0 Å². The molecule has 8 heteroatoms. The van der Waals surface area contributed by atoms with Crippen molar-refractivity contribution in [3.8, 4) is 0 Å². The number of sulfonamides is 1. The van der Waals surface area contributed by atoms with Gasteiger partial charge in [-0.3, -0.25) is 4.79 Å². The molecule has 3 rings (SSSR count). The second kappa shape index (κ2) is 6.18. The topological polar surface area (TPSA) is 84.5 Å². The van der Waals surface area contributed by atoms with Crippen molar-refractivity contribution < 1.29 is 22.3 Å². The fourth-order valence-corrected chi connectivity index (χ4v) is 3.92. The van der Waals surface area contributed by atoms with Crippen molar-refractivity contribution in [1.29, 1.82) is 0 Å². The Morgan fingerprint density at radius 2 is 2.04 bits per heavy atom. The monoisotopic (exact) mass is 342 g/mol. The summed E-state index contributed by atoms with van der Waals surface area (Å²) >= 11 is 0. The van der Waals surface area contributed by atoms with E-state index >= 15 is 0 Å². The molecular formula is C15H19FN2O4S. The molecule has 2 atom stereocenters. The summed E-state index contributed by atoms with van der Waals surface area (Å²) in [5.74, 6) is -1.10. The van der Waals surface area contributed by atoms with E-state index in [4.69, 9.17) is 4.74 Å². The van der Waals surface area contributed by atoms with E-state index in [1.807, 2.05) is 6.92 Å². The Hall–Kier alpha value is -1.51. The first-order chi connectivity index (χ1) is 10.9. The van der Waals surface area contributed by atoms with Crippen molar-refractivity contribution in [2.75, 3.05) is 11.9 Å². The molecule has 1 aliphatic carbocycles. The number of carbonyl (C=O) groups is 1. The highest BCUT2D eigenvalue weighted by Gasteiger charge is 2.32. The van der Waals surface area contributed by atoms with E-state index in [0.29, 0.717) is 6.61 Å². The molecule has 2 N–H and O–H groups in total. The summed E-state index contributed by atoms with van der Waals surface area (Å²) in [6.45, 7) is 2.44. The largest absolute Gasteiger partial charge is 0.368 e. The van der Waals surface area contributed by atoms with Crippen LogP contribution in [0.3, 0.4) is 0 Å². The number of halogens is 1. The molecule has 1 heterocycles. The van der Waals surface area contributed by atoms with Crippen molar-refractivity contribution in [3.63, 3.8) is 0 Å². The number of anilines is 1. The summed E-state index contributed by atoms with van der Waals surface area (Å²) in [6, 6.07) is 3.39. The van der Waals surface area contributed by atoms with Gasteiger partial charge in [0.1, 0.15) is 16.8 Å². The molecule has 0 aromatic heterocycles. The maximum atomic E-state index is 13.9. The van der Waals surface area contributed by atoms with E-state index in [1.165, 1.54) is 6.07 Å². The van der Waals surface area contributed by atoms with Crippen LogP contribution in [0, 0.1) is 11.7 Å². The number of ether oxygens (including phenoxy) is 1. The van der Waals surface area contributed by atoms with Gasteiger partial charge in [-0.15, -0.1) is 0 Å². The number of rotatable bonds is 5. The van der Waals surface area contributed by atoms with E-state index in [2.05, 4.69) is 10.0 Å². The molecule has 0 spiro atoms. The minimum Gasteiger partial charge on any atom is -0.368 e. The Labute approximate surface area is 134 Å². The summed E-state index contributed by atoms with van der Waals surface area (Å²) in [7, 11) is -3.92. The van der Waals surface area contributed by atoms with E-state index in [9.17, 15) is 17.6 Å². The predicted octanol–water partition coefficient (Wildman–Crippen LogP) is 1.63. The van der Waals surface area contributed by atoms with Crippen LogP contribution in [0.15, 0.2) is 23.1 Å². The summed E-state index contributed by atoms with van der Waals surface area (Å²) in [4.78, 5) is 11.7. The van der Waals surface area contributed by atoms with Crippen LogP contribution in [-0.2, 0) is 19.6 Å². The van der Waals surface area contributed by atoms with Gasteiger partial charge in [-0.05, 0) is 43.4 Å². The average molecular weight is 342 g/mol. The quantitative estimate of drug-likeness (QED) is 0.852. The lowest BCUT2D eigenvalue weighted by Crippen LogP contribution is -2.31. The molecule has 6 nitrogen and oxygen atoms in total. The summed E-state index contributed by atoms with van der Waals surface area (Å²) in [5.41, 5.74) is 0.232. The molecule has 0 radical (unpaired) electrons. The lowest BCUT2D eigenvalue weighted by Gasteiger charge is -2.15. The van der Waals surface area contributed by atoms with Gasteiger partial charge in [0, 0.05) is 18.3 Å². The Bertz CT molecular complexity index is 718. The second-order valence-corrected chi connectivity index (χ2v) is 7.77. The number of nitrogens with one attached hydrogen (secondary N) is 2. The maximum absolute atomic E-state index is 13.9. The number of benzene rings is 1. The third kappa shape index (κ3) is 3.70. The first kappa shape index (κ1) is 16.4. The zero-order valence-corrected chi connectivity index (χ0v) is 13.5. The van der Waals surface area contributed by atoms with Gasteiger partial charge in [-0.25, -0.2) is 17.5 Å². The van der Waals surface area contributed by atoms with Crippen molar-refractivity contribution in [2.24, 2.45) is 5.92 Å². The van der Waals surface area contributed by atoms with Crippen LogP contribution in [0.25, 0.3) is 0 Å². The van der Waals surface area contributed by atoms with Gasteiger partial charge < -0.3 is 10.1 Å². The fourth-order valence-electron chi connectivity index (χ4n) is 2.52. The Balaban J connectivity index is 1.78. The SMILES string of the molecule is C[C@@H]1CCO[C@@H]1C(=O)Nc1ccc(F)c(S(=O)(=O)NC2CC2)c1. The smallest absolute Gasteiger partial charge is 0.253 e. The normalized spacial score (nSPS) is 24.6. The first-order valence-corrected chi connectivity index (χ1v) is 9.09. The lowest BCUT2D eigenvalue weighted by molar-refractivity contribution is -0.126. The highest BCUT2D eigenvalue weighted by molar-refractivity contribution is 7.89. The molecule has 2 aliphatic rings. The number of hydrogen-bond donors (Lipinski definition) is 2. The summed E-state index contributed by atoms with van der Waals surface area (Å²) in [5, 5.41) is 2.60. The van der Waals surface area contributed by atoms with Crippen molar-refractivity contribution in [3.05, 3.63) is 24.0 Å². The van der Waals surface area contributed by atoms with Crippen LogP contribution < -0.4 is 10.0 Å². The number of hydrogen-bond acceptors (Lipinski definition) is 4. The molecule has 0 bridgehead atoms. The molecule has 1 aromatic rings. The van der Waals surface area contributed by atoms with Crippen LogP contribution in [0.5, 0.6) is 0 Å². The zero-order chi connectivity index (χ0) is 16.6. The van der Waals surface area contributed by atoms with Crippen LogP contribution in [0.1, 0.15) is 26.2 Å². The van der Waals surface area contributed by atoms with Crippen LogP contribution in [0.2, 0.25) is 0 Å². The van der Waals surface area contributed by atoms with Crippen molar-refractivity contribution in [2.45, 2.75) is 43.2 Å². The van der Waals surface area contributed by atoms with Gasteiger partial charge in [0.2, 0.25) is 10.0 Å². The standard InChI is InChI=1S/C15H19FN2O4S/c1-9-6-7-22-14(9)15(19)17-11-4-5-12(16)13(8-11)23(20,21)18-10-2-3-10/h4-5,8-10,14,18H,2-3,6-7H2,1H3,(H,17,19)/t9-,14+/m1/s1. The molecule has 126 valence electrons. The molecule has 2 fully saturated rings. The van der Waals surface area contributed by atoms with Gasteiger partial charge in [-0.1, -0.05) is 6.92 Å². The van der Waals surface area contributed by atoms with Crippen molar-refractivity contribution >= 4 is 21.6 Å². The third-order valence-electron chi connectivity index (χ3n) is 4.03. The minimum atomic E-state index is -3.92. The minimum absolute atomic E-state index is 0.0928. The fraction of sp³-hybridized carbons (Fsp3) is 0.533. The van der Waals surface area contributed by atoms with Gasteiger partial charge in [0.15, 0.2) is 0 Å². The van der Waals surface area contributed by atoms with Gasteiger partial charge in [0.25, 0.3) is 5.91 Å².